The monoisotopic (exact) mass is 279 g/mol. The van der Waals surface area contributed by atoms with Crippen molar-refractivity contribution in [1.82, 2.24) is 14.5 Å². The van der Waals surface area contributed by atoms with Gasteiger partial charge in [-0.3, -0.25) is 4.90 Å². The third-order valence-electron chi connectivity index (χ3n) is 3.48. The maximum absolute atomic E-state index is 4.26. The van der Waals surface area contributed by atoms with Gasteiger partial charge >= 0.3 is 0 Å². The molecule has 18 heavy (non-hydrogen) atoms. The fourth-order valence-corrected chi connectivity index (χ4v) is 4.10. The molecule has 0 spiro atoms. The second kappa shape index (κ2) is 5.07. The highest BCUT2D eigenvalue weighted by atomic mass is 32.1. The van der Waals surface area contributed by atoms with Gasteiger partial charge in [0.25, 0.3) is 0 Å². The number of aromatic nitrogens is 2. The van der Waals surface area contributed by atoms with Gasteiger partial charge in [0.05, 0.1) is 10.6 Å². The van der Waals surface area contributed by atoms with Gasteiger partial charge in [-0.25, -0.2) is 0 Å². The third-order valence-corrected chi connectivity index (χ3v) is 5.18. The van der Waals surface area contributed by atoms with Crippen LogP contribution in [-0.2, 0) is 6.54 Å². The van der Waals surface area contributed by atoms with Crippen LogP contribution in [0.4, 0.5) is 0 Å². The Kier molecular flexibility index (Phi) is 3.46. The van der Waals surface area contributed by atoms with Crippen molar-refractivity contribution in [3.63, 3.8) is 0 Å². The van der Waals surface area contributed by atoms with E-state index in [0.717, 1.165) is 6.54 Å². The van der Waals surface area contributed by atoms with E-state index in [1.54, 1.807) is 11.5 Å². The van der Waals surface area contributed by atoms with Crippen molar-refractivity contribution in [1.29, 1.82) is 0 Å². The fraction of sp³-hybridized carbons (Fsp3) is 0.538. The summed E-state index contributed by atoms with van der Waals surface area (Å²) in [5, 5.41) is 6.43. The molecule has 0 saturated carbocycles. The van der Waals surface area contributed by atoms with Crippen LogP contribution in [-0.4, -0.2) is 21.0 Å². The van der Waals surface area contributed by atoms with Crippen molar-refractivity contribution in [2.45, 2.75) is 38.8 Å². The number of nitrogens with zero attached hydrogens (tertiary/aromatic N) is 3. The molecule has 1 atom stereocenters. The van der Waals surface area contributed by atoms with Crippen LogP contribution in [0, 0.1) is 0 Å². The topological polar surface area (TPSA) is 29.0 Å². The Morgan fingerprint density at radius 2 is 2.39 bits per heavy atom. The summed E-state index contributed by atoms with van der Waals surface area (Å²) in [7, 11) is 0. The van der Waals surface area contributed by atoms with E-state index >= 15 is 0 Å². The average molecular weight is 279 g/mol. The molecule has 3 rings (SSSR count). The molecule has 1 aliphatic rings. The molecular formula is C13H17N3S2. The summed E-state index contributed by atoms with van der Waals surface area (Å²) in [6.45, 7) is 6.58. The lowest BCUT2D eigenvalue weighted by Gasteiger charge is -2.40. The summed E-state index contributed by atoms with van der Waals surface area (Å²) < 4.78 is 4.11. The lowest BCUT2D eigenvalue weighted by Crippen LogP contribution is -2.39. The Balaban J connectivity index is 1.72. The summed E-state index contributed by atoms with van der Waals surface area (Å²) in [5.41, 5.74) is 1.18. The summed E-state index contributed by atoms with van der Waals surface area (Å²) in [6, 6.07) is 5.01. The zero-order chi connectivity index (χ0) is 12.5. The maximum Gasteiger partial charge on any atom is 0.0826 e. The van der Waals surface area contributed by atoms with E-state index in [-0.39, 0.29) is 0 Å². The summed E-state index contributed by atoms with van der Waals surface area (Å²) >= 11 is 3.42. The number of rotatable bonds is 4. The standard InChI is InChI=1S/C13H17N3S2/c1-9(2)13-12(18-15-14-13)8-16-6-5-10(16)11-4-3-7-17-11/h3-4,7,9-10H,5-6,8H2,1-2H3. The smallest absolute Gasteiger partial charge is 0.0826 e. The van der Waals surface area contributed by atoms with E-state index < -0.39 is 0 Å². The van der Waals surface area contributed by atoms with Gasteiger partial charge in [0.2, 0.25) is 0 Å². The van der Waals surface area contributed by atoms with Gasteiger partial charge in [-0.1, -0.05) is 24.4 Å². The highest BCUT2D eigenvalue weighted by Crippen LogP contribution is 2.37. The van der Waals surface area contributed by atoms with Gasteiger partial charge in [-0.05, 0) is 35.3 Å². The Hall–Kier alpha value is -0.780. The van der Waals surface area contributed by atoms with Gasteiger partial charge in [-0.2, -0.15) is 0 Å². The van der Waals surface area contributed by atoms with E-state index in [1.807, 2.05) is 11.3 Å². The first-order valence-corrected chi connectivity index (χ1v) is 7.99. The predicted molar refractivity (Wildman–Crippen MR) is 76.1 cm³/mol. The molecule has 0 aliphatic carbocycles. The predicted octanol–water partition coefficient (Wildman–Crippen LogP) is 3.67. The molecule has 0 bridgehead atoms. The first kappa shape index (κ1) is 12.3. The molecule has 96 valence electrons. The van der Waals surface area contributed by atoms with Crippen LogP contribution in [0.1, 0.15) is 47.7 Å². The molecule has 0 aromatic carbocycles. The van der Waals surface area contributed by atoms with Gasteiger partial charge in [0.15, 0.2) is 0 Å². The third kappa shape index (κ3) is 2.22. The summed E-state index contributed by atoms with van der Waals surface area (Å²) in [4.78, 5) is 5.36. The van der Waals surface area contributed by atoms with E-state index in [0.29, 0.717) is 12.0 Å². The Morgan fingerprint density at radius 3 is 3.00 bits per heavy atom. The van der Waals surface area contributed by atoms with Gasteiger partial charge in [0.1, 0.15) is 0 Å². The molecule has 0 N–H and O–H groups in total. The maximum atomic E-state index is 4.26. The highest BCUT2D eigenvalue weighted by Gasteiger charge is 2.31. The van der Waals surface area contributed by atoms with E-state index in [4.69, 9.17) is 0 Å². The van der Waals surface area contributed by atoms with Gasteiger partial charge in [-0.15, -0.1) is 16.4 Å². The first-order valence-electron chi connectivity index (χ1n) is 6.34. The van der Waals surface area contributed by atoms with E-state index in [2.05, 4.69) is 45.8 Å². The van der Waals surface area contributed by atoms with Crippen molar-refractivity contribution in [3.05, 3.63) is 33.0 Å². The second-order valence-corrected chi connectivity index (χ2v) is 6.84. The van der Waals surface area contributed by atoms with Crippen LogP contribution in [0.25, 0.3) is 0 Å². The normalized spacial score (nSPS) is 20.3. The molecule has 1 aliphatic heterocycles. The first-order chi connectivity index (χ1) is 8.75. The number of likely N-dealkylation sites (tertiary alicyclic amines) is 1. The molecule has 0 radical (unpaired) electrons. The number of thiophene rings is 1. The molecule has 2 aromatic rings. The number of hydrogen-bond donors (Lipinski definition) is 0. The number of hydrogen-bond acceptors (Lipinski definition) is 5. The molecule has 3 nitrogen and oxygen atoms in total. The zero-order valence-electron chi connectivity index (χ0n) is 10.7. The van der Waals surface area contributed by atoms with Crippen molar-refractivity contribution in [3.8, 4) is 0 Å². The lowest BCUT2D eigenvalue weighted by molar-refractivity contribution is 0.0853. The van der Waals surface area contributed by atoms with Crippen LogP contribution in [0.3, 0.4) is 0 Å². The quantitative estimate of drug-likeness (QED) is 0.855. The zero-order valence-corrected chi connectivity index (χ0v) is 12.3. The van der Waals surface area contributed by atoms with Crippen molar-refractivity contribution in [2.24, 2.45) is 0 Å². The minimum absolute atomic E-state index is 0.472. The van der Waals surface area contributed by atoms with Crippen LogP contribution in [0.5, 0.6) is 0 Å². The summed E-state index contributed by atoms with van der Waals surface area (Å²) in [6.07, 6.45) is 1.28. The van der Waals surface area contributed by atoms with Crippen LogP contribution in [0.2, 0.25) is 0 Å². The van der Waals surface area contributed by atoms with Crippen LogP contribution in [0.15, 0.2) is 17.5 Å². The second-order valence-electron chi connectivity index (χ2n) is 5.03. The molecule has 0 amide bonds. The molecule has 3 heterocycles. The van der Waals surface area contributed by atoms with Crippen LogP contribution >= 0.6 is 22.9 Å². The molecule has 2 aromatic heterocycles. The van der Waals surface area contributed by atoms with E-state index in [9.17, 15) is 0 Å². The Morgan fingerprint density at radius 1 is 1.50 bits per heavy atom. The van der Waals surface area contributed by atoms with Crippen molar-refractivity contribution >= 4 is 22.9 Å². The average Bonchev–Trinajstić information content (AvgIpc) is 2.94. The molecule has 1 fully saturated rings. The van der Waals surface area contributed by atoms with Crippen LogP contribution < -0.4 is 0 Å². The largest absolute Gasteiger partial charge is 0.290 e. The van der Waals surface area contributed by atoms with Crippen molar-refractivity contribution < 1.29 is 0 Å². The Labute approximate surface area is 116 Å². The molecule has 1 unspecified atom stereocenters. The Bertz CT molecular complexity index is 504. The van der Waals surface area contributed by atoms with E-state index in [1.165, 1.54) is 28.4 Å². The minimum atomic E-state index is 0.472. The summed E-state index contributed by atoms with van der Waals surface area (Å²) in [5.74, 6) is 0.472. The van der Waals surface area contributed by atoms with Crippen molar-refractivity contribution in [2.75, 3.05) is 6.54 Å². The highest BCUT2D eigenvalue weighted by molar-refractivity contribution is 7.10. The van der Waals surface area contributed by atoms with Gasteiger partial charge < -0.3 is 0 Å². The lowest BCUT2D eigenvalue weighted by atomic mass is 10.0. The molecular weight excluding hydrogens is 262 g/mol. The fourth-order valence-electron chi connectivity index (χ4n) is 2.38. The minimum Gasteiger partial charge on any atom is -0.290 e. The molecule has 5 heteroatoms. The SMILES string of the molecule is CC(C)c1nnsc1CN1CCC1c1cccs1. The molecule has 1 saturated heterocycles. The van der Waals surface area contributed by atoms with Gasteiger partial charge in [0, 0.05) is 24.0 Å².